The molecule has 1 N–H and O–H groups in total. The molecule has 1 fully saturated rings. The Morgan fingerprint density at radius 2 is 2.44 bits per heavy atom. The zero-order chi connectivity index (χ0) is 11.8. The van der Waals surface area contributed by atoms with Crippen molar-refractivity contribution in [3.63, 3.8) is 0 Å². The van der Waals surface area contributed by atoms with Crippen molar-refractivity contribution in [1.82, 2.24) is 5.32 Å². The van der Waals surface area contributed by atoms with Gasteiger partial charge in [-0.05, 0) is 32.6 Å². The lowest BCUT2D eigenvalue weighted by Gasteiger charge is -2.24. The molecule has 1 heterocycles. The van der Waals surface area contributed by atoms with Crippen molar-refractivity contribution in [2.45, 2.75) is 39.2 Å². The van der Waals surface area contributed by atoms with Crippen LogP contribution in [0.25, 0.3) is 0 Å². The molecule has 2 atom stereocenters. The Kier molecular flexibility index (Phi) is 6.42. The third kappa shape index (κ3) is 5.47. The summed E-state index contributed by atoms with van der Waals surface area (Å²) in [7, 11) is 0. The topological polar surface area (TPSA) is 47.6 Å². The summed E-state index contributed by atoms with van der Waals surface area (Å²) in [6.45, 7) is 6.98. The van der Waals surface area contributed by atoms with Crippen LogP contribution in [0.4, 0.5) is 0 Å². The van der Waals surface area contributed by atoms with Crippen molar-refractivity contribution in [2.75, 3.05) is 26.4 Å². The van der Waals surface area contributed by atoms with Gasteiger partial charge in [0.1, 0.15) is 0 Å². The first kappa shape index (κ1) is 13.5. The van der Waals surface area contributed by atoms with Gasteiger partial charge in [0.15, 0.2) is 0 Å². The van der Waals surface area contributed by atoms with Crippen molar-refractivity contribution in [2.24, 2.45) is 5.92 Å². The molecule has 0 radical (unpaired) electrons. The summed E-state index contributed by atoms with van der Waals surface area (Å²) in [5.41, 5.74) is 0. The summed E-state index contributed by atoms with van der Waals surface area (Å²) in [5, 5.41) is 3.36. The summed E-state index contributed by atoms with van der Waals surface area (Å²) < 4.78 is 10.3. The standard InChI is InChI=1S/C12H23NO3/c1-3-16-12(14)7-10(2)13-8-11-5-4-6-15-9-11/h10-11,13H,3-9H2,1-2H3. The number of carbonyl (C=O) groups is 1. The summed E-state index contributed by atoms with van der Waals surface area (Å²) in [4.78, 5) is 11.2. The molecule has 0 bridgehead atoms. The minimum absolute atomic E-state index is 0.123. The third-order valence-corrected chi connectivity index (χ3v) is 2.79. The lowest BCUT2D eigenvalue weighted by Crippen LogP contribution is -2.36. The van der Waals surface area contributed by atoms with E-state index in [1.54, 1.807) is 0 Å². The number of hydrogen-bond donors (Lipinski definition) is 1. The van der Waals surface area contributed by atoms with Crippen molar-refractivity contribution in [1.29, 1.82) is 0 Å². The molecule has 1 rings (SSSR count). The Balaban J connectivity index is 2.08. The van der Waals surface area contributed by atoms with Gasteiger partial charge < -0.3 is 14.8 Å². The van der Waals surface area contributed by atoms with Crippen molar-refractivity contribution < 1.29 is 14.3 Å². The van der Waals surface area contributed by atoms with Gasteiger partial charge >= 0.3 is 5.97 Å². The van der Waals surface area contributed by atoms with Gasteiger partial charge in [-0.25, -0.2) is 0 Å². The maximum atomic E-state index is 11.2. The van der Waals surface area contributed by atoms with Gasteiger partial charge in [-0.3, -0.25) is 4.79 Å². The van der Waals surface area contributed by atoms with Gasteiger partial charge in [-0.1, -0.05) is 0 Å². The second-order valence-electron chi connectivity index (χ2n) is 4.40. The highest BCUT2D eigenvalue weighted by Crippen LogP contribution is 2.12. The normalized spacial score (nSPS) is 22.8. The predicted octanol–water partition coefficient (Wildman–Crippen LogP) is 1.34. The predicted molar refractivity (Wildman–Crippen MR) is 62.3 cm³/mol. The summed E-state index contributed by atoms with van der Waals surface area (Å²) >= 11 is 0. The van der Waals surface area contributed by atoms with Crippen LogP contribution in [-0.4, -0.2) is 38.4 Å². The molecule has 4 nitrogen and oxygen atoms in total. The van der Waals surface area contributed by atoms with E-state index in [1.807, 2.05) is 13.8 Å². The van der Waals surface area contributed by atoms with E-state index < -0.39 is 0 Å². The third-order valence-electron chi connectivity index (χ3n) is 2.79. The molecule has 0 aromatic heterocycles. The Hall–Kier alpha value is -0.610. The second-order valence-corrected chi connectivity index (χ2v) is 4.40. The fraction of sp³-hybridized carbons (Fsp3) is 0.917. The minimum atomic E-state index is -0.123. The van der Waals surface area contributed by atoms with E-state index in [0.29, 0.717) is 18.9 Å². The molecular weight excluding hydrogens is 206 g/mol. The summed E-state index contributed by atoms with van der Waals surface area (Å²) in [5.74, 6) is 0.473. The number of esters is 1. The smallest absolute Gasteiger partial charge is 0.307 e. The van der Waals surface area contributed by atoms with Crippen LogP contribution in [0.5, 0.6) is 0 Å². The molecule has 0 aliphatic carbocycles. The van der Waals surface area contributed by atoms with Gasteiger partial charge in [-0.15, -0.1) is 0 Å². The van der Waals surface area contributed by atoms with Gasteiger partial charge in [0.2, 0.25) is 0 Å². The minimum Gasteiger partial charge on any atom is -0.466 e. The number of ether oxygens (including phenoxy) is 2. The Morgan fingerprint density at radius 3 is 3.06 bits per heavy atom. The molecule has 4 heteroatoms. The van der Waals surface area contributed by atoms with E-state index in [0.717, 1.165) is 26.2 Å². The van der Waals surface area contributed by atoms with E-state index in [9.17, 15) is 4.79 Å². The lowest BCUT2D eigenvalue weighted by atomic mass is 10.0. The first-order valence-corrected chi connectivity index (χ1v) is 6.19. The largest absolute Gasteiger partial charge is 0.466 e. The van der Waals surface area contributed by atoms with Gasteiger partial charge in [-0.2, -0.15) is 0 Å². The molecule has 1 aliphatic heterocycles. The number of carbonyl (C=O) groups excluding carboxylic acids is 1. The number of rotatable bonds is 6. The average Bonchev–Trinajstić information content (AvgIpc) is 2.28. The number of hydrogen-bond acceptors (Lipinski definition) is 4. The highest BCUT2D eigenvalue weighted by atomic mass is 16.5. The molecule has 94 valence electrons. The highest BCUT2D eigenvalue weighted by Gasteiger charge is 2.15. The van der Waals surface area contributed by atoms with Gasteiger partial charge in [0.05, 0.1) is 19.6 Å². The summed E-state index contributed by atoms with van der Waals surface area (Å²) in [6, 6.07) is 0.181. The van der Waals surface area contributed by atoms with E-state index in [4.69, 9.17) is 9.47 Å². The van der Waals surface area contributed by atoms with Gasteiger partial charge in [0.25, 0.3) is 0 Å². The first-order valence-electron chi connectivity index (χ1n) is 6.19. The van der Waals surface area contributed by atoms with Crippen LogP contribution in [0.2, 0.25) is 0 Å². The van der Waals surface area contributed by atoms with Crippen LogP contribution in [0.15, 0.2) is 0 Å². The first-order chi connectivity index (χ1) is 7.72. The maximum absolute atomic E-state index is 11.2. The van der Waals surface area contributed by atoms with Crippen molar-refractivity contribution in [3.8, 4) is 0 Å². The van der Waals surface area contributed by atoms with Crippen LogP contribution in [0.3, 0.4) is 0 Å². The molecule has 1 aliphatic rings. The van der Waals surface area contributed by atoms with E-state index in [-0.39, 0.29) is 12.0 Å². The van der Waals surface area contributed by atoms with Crippen LogP contribution in [0, 0.1) is 5.92 Å². The van der Waals surface area contributed by atoms with Gasteiger partial charge in [0, 0.05) is 19.2 Å². The Morgan fingerprint density at radius 1 is 1.62 bits per heavy atom. The molecule has 0 amide bonds. The highest BCUT2D eigenvalue weighted by molar-refractivity contribution is 5.69. The van der Waals surface area contributed by atoms with E-state index in [2.05, 4.69) is 5.32 Å². The molecule has 0 saturated carbocycles. The summed E-state index contributed by atoms with van der Waals surface area (Å²) in [6.07, 6.45) is 2.82. The fourth-order valence-electron chi connectivity index (χ4n) is 1.88. The van der Waals surface area contributed by atoms with Crippen LogP contribution in [-0.2, 0) is 14.3 Å². The monoisotopic (exact) mass is 229 g/mol. The lowest BCUT2D eigenvalue weighted by molar-refractivity contribution is -0.143. The number of nitrogens with one attached hydrogen (secondary N) is 1. The molecule has 16 heavy (non-hydrogen) atoms. The molecule has 0 aromatic rings. The SMILES string of the molecule is CCOC(=O)CC(C)NCC1CCCOC1. The molecular formula is C12H23NO3. The van der Waals surface area contributed by atoms with Crippen LogP contribution >= 0.6 is 0 Å². The second kappa shape index (κ2) is 7.63. The van der Waals surface area contributed by atoms with Crippen molar-refractivity contribution in [3.05, 3.63) is 0 Å². The average molecular weight is 229 g/mol. The molecule has 0 aromatic carbocycles. The zero-order valence-corrected chi connectivity index (χ0v) is 10.3. The Bertz CT molecular complexity index is 202. The van der Waals surface area contributed by atoms with Crippen LogP contribution < -0.4 is 5.32 Å². The maximum Gasteiger partial charge on any atom is 0.307 e. The molecule has 2 unspecified atom stereocenters. The molecule has 1 saturated heterocycles. The quantitative estimate of drug-likeness (QED) is 0.698. The fourth-order valence-corrected chi connectivity index (χ4v) is 1.88. The van der Waals surface area contributed by atoms with E-state index >= 15 is 0 Å². The molecule has 0 spiro atoms. The Labute approximate surface area is 97.7 Å². The van der Waals surface area contributed by atoms with Crippen molar-refractivity contribution >= 4 is 5.97 Å². The van der Waals surface area contributed by atoms with E-state index in [1.165, 1.54) is 6.42 Å². The van der Waals surface area contributed by atoms with Crippen LogP contribution in [0.1, 0.15) is 33.1 Å². The zero-order valence-electron chi connectivity index (χ0n) is 10.3.